The Hall–Kier alpha value is -0.156. The summed E-state index contributed by atoms with van der Waals surface area (Å²) < 4.78 is 0. The molecular formula is C5HNi-5. The van der Waals surface area contributed by atoms with Crippen LogP contribution in [0.5, 0.6) is 0 Å². The first kappa shape index (κ1) is 5.84. The van der Waals surface area contributed by atoms with Crippen LogP contribution < -0.4 is 0 Å². The Morgan fingerprint density at radius 3 is 1.67 bits per heavy atom. The van der Waals surface area contributed by atoms with Crippen molar-refractivity contribution in [2.75, 3.05) is 0 Å². The van der Waals surface area contributed by atoms with Crippen molar-refractivity contribution in [1.82, 2.24) is 0 Å². The molecule has 0 aromatic heterocycles. The van der Waals surface area contributed by atoms with Crippen LogP contribution in [0.25, 0.3) is 0 Å². The van der Waals surface area contributed by atoms with Crippen LogP contribution >= 0.6 is 0 Å². The van der Waals surface area contributed by atoms with E-state index in [1.165, 1.54) is 0 Å². The third kappa shape index (κ3) is 1.32. The minimum atomic E-state index is 0. The van der Waals surface area contributed by atoms with E-state index in [0.717, 1.165) is 0 Å². The summed E-state index contributed by atoms with van der Waals surface area (Å²) in [6, 6.07) is 12.0. The van der Waals surface area contributed by atoms with Crippen molar-refractivity contribution in [2.24, 2.45) is 0 Å². The van der Waals surface area contributed by atoms with Crippen molar-refractivity contribution in [3.63, 3.8) is 0 Å². The molecule has 1 aromatic carbocycles. The molecule has 0 aliphatic rings. The van der Waals surface area contributed by atoms with Crippen molar-refractivity contribution in [1.29, 1.82) is 0 Å². The molecule has 0 saturated heterocycles. The molecule has 0 N–H and O–H groups in total. The van der Waals surface area contributed by atoms with Gasteiger partial charge in [0.05, 0.1) is 0 Å². The topological polar surface area (TPSA) is 0 Å². The molecule has 0 heterocycles. The summed E-state index contributed by atoms with van der Waals surface area (Å²) in [4.78, 5) is 0. The van der Waals surface area contributed by atoms with E-state index >= 15 is 0 Å². The standard InChI is InChI=1S/C5H.Ni/c1-2-4-5-3-1;/h1H;/q-5;. The largest absolute Gasteiger partial charge is 0.999 e. The van der Waals surface area contributed by atoms with E-state index in [1.807, 2.05) is 0 Å². The molecule has 1 rings (SSSR count). The van der Waals surface area contributed by atoms with Gasteiger partial charge in [-0.1, -0.05) is 0 Å². The molecule has 0 atom stereocenters. The second kappa shape index (κ2) is 3.05. The van der Waals surface area contributed by atoms with Crippen LogP contribution in [0.2, 0.25) is 0 Å². The third-order valence-electron chi connectivity index (χ3n) is 0.351. The second-order valence-corrected chi connectivity index (χ2v) is 0.683. The van der Waals surface area contributed by atoms with Gasteiger partial charge in [0.25, 0.3) is 0 Å². The van der Waals surface area contributed by atoms with Gasteiger partial charge in [-0.05, 0) is 0 Å². The summed E-state index contributed by atoms with van der Waals surface area (Å²) >= 11 is 0. The van der Waals surface area contributed by atoms with E-state index in [2.05, 4.69) is 24.3 Å². The van der Waals surface area contributed by atoms with Gasteiger partial charge in [-0.3, -0.25) is 0 Å². The minimum Gasteiger partial charge on any atom is -0.999 e. The van der Waals surface area contributed by atoms with Crippen molar-refractivity contribution < 1.29 is 16.5 Å². The van der Waals surface area contributed by atoms with Crippen molar-refractivity contribution in [2.45, 2.75) is 0 Å². The Morgan fingerprint density at radius 1 is 1.00 bits per heavy atom. The molecule has 0 nitrogen and oxygen atoms in total. The van der Waals surface area contributed by atoms with E-state index in [1.54, 1.807) is 6.07 Å². The Balaban J connectivity index is 0.000000250. The predicted molar refractivity (Wildman–Crippen MR) is 17.4 cm³/mol. The summed E-state index contributed by atoms with van der Waals surface area (Å²) in [5, 5.41) is 0. The molecule has 0 unspecified atom stereocenters. The molecule has 0 bridgehead atoms. The van der Waals surface area contributed by atoms with Gasteiger partial charge in [-0.15, -0.1) is 0 Å². The summed E-state index contributed by atoms with van der Waals surface area (Å²) in [5.74, 6) is 0. The molecule has 0 aliphatic carbocycles. The minimum absolute atomic E-state index is 0. The van der Waals surface area contributed by atoms with Crippen molar-refractivity contribution >= 4 is 0 Å². The molecule has 36 valence electrons. The maximum atomic E-state index is 2.62. The summed E-state index contributed by atoms with van der Waals surface area (Å²) in [6.45, 7) is 0. The van der Waals surface area contributed by atoms with E-state index in [9.17, 15) is 0 Å². The average Bonchev–Trinajstić information content (AvgIpc) is 1.76. The van der Waals surface area contributed by atoms with Crippen molar-refractivity contribution in [3.8, 4) is 0 Å². The Labute approximate surface area is 47.5 Å². The van der Waals surface area contributed by atoms with E-state index in [4.69, 9.17) is 0 Å². The molecule has 1 heteroatoms. The SMILES string of the molecule is [Ni].[c-]1[c-][c-][cH-][c-]1. The maximum absolute atomic E-state index is 2.62. The molecule has 1 aromatic rings. The molecule has 0 aliphatic heterocycles. The third-order valence-corrected chi connectivity index (χ3v) is 0.351. The van der Waals surface area contributed by atoms with Crippen molar-refractivity contribution in [3.05, 3.63) is 30.3 Å². The predicted octanol–water partition coefficient (Wildman–Crippen LogP) is 0.604. The van der Waals surface area contributed by atoms with Gasteiger partial charge in [0.2, 0.25) is 0 Å². The van der Waals surface area contributed by atoms with Gasteiger partial charge in [-0.25, -0.2) is 0 Å². The van der Waals surface area contributed by atoms with Crippen LogP contribution in [0.4, 0.5) is 0 Å². The van der Waals surface area contributed by atoms with E-state index in [0.29, 0.717) is 0 Å². The smallest absolute Gasteiger partial charge is 0 e. The zero-order valence-corrected chi connectivity index (χ0v) is 3.88. The summed E-state index contributed by atoms with van der Waals surface area (Å²) in [6.07, 6.45) is 0. The summed E-state index contributed by atoms with van der Waals surface area (Å²) in [5.41, 5.74) is 0. The zero-order chi connectivity index (χ0) is 3.54. The van der Waals surface area contributed by atoms with Gasteiger partial charge >= 0.3 is 0 Å². The fourth-order valence-corrected chi connectivity index (χ4v) is 0.180. The Bertz CT molecular complexity index is 60.4. The van der Waals surface area contributed by atoms with Crippen LogP contribution in [-0.4, -0.2) is 0 Å². The molecule has 0 spiro atoms. The monoisotopic (exact) mass is 119 g/mol. The first-order chi connectivity index (χ1) is 2.50. The van der Waals surface area contributed by atoms with Crippen LogP contribution in [0, 0.1) is 24.3 Å². The first-order valence-corrected chi connectivity index (χ1v) is 1.33. The maximum Gasteiger partial charge on any atom is 0 e. The number of rotatable bonds is 0. The zero-order valence-electron chi connectivity index (χ0n) is 2.89. The van der Waals surface area contributed by atoms with Crippen LogP contribution in [0.3, 0.4) is 0 Å². The van der Waals surface area contributed by atoms with Gasteiger partial charge in [0.15, 0.2) is 0 Å². The molecule has 0 saturated carbocycles. The number of hydrogen-bond donors (Lipinski definition) is 0. The molecular weight excluding hydrogens is 119 g/mol. The van der Waals surface area contributed by atoms with E-state index < -0.39 is 0 Å². The molecule has 6 heavy (non-hydrogen) atoms. The van der Waals surface area contributed by atoms with Crippen LogP contribution in [0.15, 0.2) is 6.07 Å². The van der Waals surface area contributed by atoms with Gasteiger partial charge in [-0.2, -0.15) is 0 Å². The quantitative estimate of drug-likeness (QED) is 0.347. The van der Waals surface area contributed by atoms with Gasteiger partial charge < -0.3 is 30.3 Å². The van der Waals surface area contributed by atoms with Crippen LogP contribution in [0.1, 0.15) is 0 Å². The number of hydrogen-bond acceptors (Lipinski definition) is 0. The van der Waals surface area contributed by atoms with Gasteiger partial charge in [0.1, 0.15) is 0 Å². The Kier molecular flexibility index (Phi) is 2.97. The van der Waals surface area contributed by atoms with Crippen LogP contribution in [-0.2, 0) is 16.5 Å². The van der Waals surface area contributed by atoms with Gasteiger partial charge in [0, 0.05) is 16.5 Å². The summed E-state index contributed by atoms with van der Waals surface area (Å²) in [7, 11) is 0. The fraction of sp³-hybridized carbons (Fsp3) is 0. The molecule has 0 fully saturated rings. The Morgan fingerprint density at radius 2 is 1.50 bits per heavy atom. The first-order valence-electron chi connectivity index (χ1n) is 1.33. The molecule has 0 radical (unpaired) electrons. The normalized spacial score (nSPS) is 6.67. The average molecular weight is 120 g/mol. The molecule has 0 amide bonds. The fourth-order valence-electron chi connectivity index (χ4n) is 0.180. The van der Waals surface area contributed by atoms with E-state index in [-0.39, 0.29) is 16.5 Å². The second-order valence-electron chi connectivity index (χ2n) is 0.683.